The van der Waals surface area contributed by atoms with Crippen molar-refractivity contribution in [1.82, 2.24) is 33.6 Å². The number of sulfonamides is 1. The number of rotatable bonds is 8. The second-order valence-corrected chi connectivity index (χ2v) is 11.5. The average Bonchev–Trinajstić information content (AvgIpc) is 3.51. The average molecular weight is 516 g/mol. The minimum absolute atomic E-state index is 0.149. The number of hydrogen-bond acceptors (Lipinski definition) is 8. The smallest absolute Gasteiger partial charge is 0.227 e. The van der Waals surface area contributed by atoms with Crippen LogP contribution >= 0.6 is 0 Å². The van der Waals surface area contributed by atoms with Crippen LogP contribution in [0.15, 0.2) is 61.4 Å². The highest BCUT2D eigenvalue weighted by molar-refractivity contribution is 7.90. The molecule has 188 valence electrons. The van der Waals surface area contributed by atoms with Crippen LogP contribution in [0.4, 0.5) is 11.6 Å². The fraction of sp³-hybridized carbons (Fsp3) is 0.320. The molecule has 1 N–H and O–H groups in total. The van der Waals surface area contributed by atoms with E-state index < -0.39 is 16.1 Å². The van der Waals surface area contributed by atoms with Crippen molar-refractivity contribution in [3.8, 4) is 17.3 Å². The molecule has 0 aromatic carbocycles. The van der Waals surface area contributed by atoms with Gasteiger partial charge in [0.2, 0.25) is 16.0 Å². The lowest BCUT2D eigenvalue weighted by Gasteiger charge is -2.47. The number of aromatic nitrogens is 6. The van der Waals surface area contributed by atoms with E-state index in [-0.39, 0.29) is 17.7 Å². The Hall–Kier alpha value is -4.08. The van der Waals surface area contributed by atoms with Gasteiger partial charge in [0.15, 0.2) is 0 Å². The third kappa shape index (κ3) is 4.36. The van der Waals surface area contributed by atoms with Crippen LogP contribution in [0, 0.1) is 11.3 Å². The van der Waals surface area contributed by atoms with Crippen molar-refractivity contribution in [3.05, 3.63) is 72.7 Å². The first-order chi connectivity index (χ1) is 17.9. The van der Waals surface area contributed by atoms with E-state index in [4.69, 9.17) is 0 Å². The van der Waals surface area contributed by atoms with E-state index in [1.54, 1.807) is 33.6 Å². The number of nitriles is 1. The first kappa shape index (κ1) is 23.3. The van der Waals surface area contributed by atoms with Crippen LogP contribution in [0.3, 0.4) is 0 Å². The van der Waals surface area contributed by atoms with E-state index in [9.17, 15) is 13.7 Å². The molecule has 37 heavy (non-hydrogen) atoms. The lowest BCUT2D eigenvalue weighted by Crippen LogP contribution is -2.54. The number of nitrogens with one attached hydrogen (secondary N) is 1. The molecule has 1 saturated carbocycles. The first-order valence-electron chi connectivity index (χ1n) is 12.0. The molecule has 4 aromatic heterocycles. The number of aryl methyl sites for hydroxylation is 1. The summed E-state index contributed by atoms with van der Waals surface area (Å²) in [6.45, 7) is 0.359. The fourth-order valence-electron chi connectivity index (χ4n) is 4.76. The molecule has 6 rings (SSSR count). The lowest BCUT2D eigenvalue weighted by atomic mass is 9.92. The van der Waals surface area contributed by atoms with Gasteiger partial charge in [-0.15, -0.1) is 0 Å². The molecule has 2 aliphatic rings. The van der Waals surface area contributed by atoms with Crippen molar-refractivity contribution in [2.45, 2.75) is 36.6 Å². The largest absolute Gasteiger partial charge is 0.347 e. The van der Waals surface area contributed by atoms with Crippen LogP contribution in [0.25, 0.3) is 11.3 Å². The molecular formula is C25H25N9O2S. The van der Waals surface area contributed by atoms with Gasteiger partial charge in [0, 0.05) is 50.1 Å². The van der Waals surface area contributed by atoms with E-state index in [1.807, 2.05) is 48.4 Å². The van der Waals surface area contributed by atoms with E-state index in [1.165, 1.54) is 0 Å². The molecule has 2 atom stereocenters. The quantitative estimate of drug-likeness (QED) is 0.378. The third-order valence-electron chi connectivity index (χ3n) is 6.80. The van der Waals surface area contributed by atoms with Crippen molar-refractivity contribution in [2.24, 2.45) is 7.05 Å². The summed E-state index contributed by atoms with van der Waals surface area (Å²) in [6.07, 6.45) is 12.4. The Morgan fingerprint density at radius 2 is 2.03 bits per heavy atom. The van der Waals surface area contributed by atoms with Gasteiger partial charge in [-0.05, 0) is 36.6 Å². The van der Waals surface area contributed by atoms with E-state index >= 15 is 0 Å². The topological polar surface area (TPSA) is 135 Å². The maximum atomic E-state index is 13.2. The SMILES string of the molecule is Cn1cc(Nc2nccc(-c3ccn(C4CN(S(=O)(=O)C5CC5)C4c4ncccc4CC#N)c3)n2)cn1. The van der Waals surface area contributed by atoms with Crippen molar-refractivity contribution in [3.63, 3.8) is 0 Å². The summed E-state index contributed by atoms with van der Waals surface area (Å²) in [5.41, 5.74) is 3.81. The molecule has 4 aromatic rings. The predicted molar refractivity (Wildman–Crippen MR) is 136 cm³/mol. The fourth-order valence-corrected chi connectivity index (χ4v) is 6.80. The Morgan fingerprint density at radius 3 is 2.78 bits per heavy atom. The molecule has 0 radical (unpaired) electrons. The normalized spacial score (nSPS) is 19.8. The summed E-state index contributed by atoms with van der Waals surface area (Å²) in [6, 6.07) is 8.98. The molecule has 11 nitrogen and oxygen atoms in total. The minimum atomic E-state index is -3.42. The summed E-state index contributed by atoms with van der Waals surface area (Å²) in [5, 5.41) is 16.3. The van der Waals surface area contributed by atoms with Crippen molar-refractivity contribution in [2.75, 3.05) is 11.9 Å². The van der Waals surface area contributed by atoms with Gasteiger partial charge in [0.25, 0.3) is 0 Å². The van der Waals surface area contributed by atoms with Gasteiger partial charge in [-0.2, -0.15) is 14.7 Å². The highest BCUT2D eigenvalue weighted by Gasteiger charge is 2.53. The number of anilines is 2. The Balaban J connectivity index is 1.30. The molecule has 1 aliphatic carbocycles. The zero-order chi connectivity index (χ0) is 25.6. The molecule has 5 heterocycles. The summed E-state index contributed by atoms with van der Waals surface area (Å²) >= 11 is 0. The van der Waals surface area contributed by atoms with E-state index in [2.05, 4.69) is 31.4 Å². The maximum Gasteiger partial charge on any atom is 0.227 e. The molecule has 0 spiro atoms. The van der Waals surface area contributed by atoms with Crippen LogP contribution in [0.5, 0.6) is 0 Å². The van der Waals surface area contributed by atoms with Crippen molar-refractivity contribution in [1.29, 1.82) is 5.26 Å². The van der Waals surface area contributed by atoms with Crippen LogP contribution in [-0.2, 0) is 23.5 Å². The van der Waals surface area contributed by atoms with Crippen LogP contribution < -0.4 is 5.32 Å². The Bertz CT molecular complexity index is 1600. The van der Waals surface area contributed by atoms with Crippen LogP contribution in [0.1, 0.15) is 36.2 Å². The Labute approximate surface area is 214 Å². The van der Waals surface area contributed by atoms with Gasteiger partial charge in [-0.3, -0.25) is 9.67 Å². The van der Waals surface area contributed by atoms with Gasteiger partial charge in [-0.25, -0.2) is 18.4 Å². The molecular weight excluding hydrogens is 490 g/mol. The van der Waals surface area contributed by atoms with Crippen LogP contribution in [0.2, 0.25) is 0 Å². The van der Waals surface area contributed by atoms with E-state index in [0.29, 0.717) is 31.0 Å². The van der Waals surface area contributed by atoms with Gasteiger partial charge in [-0.1, -0.05) is 6.07 Å². The van der Waals surface area contributed by atoms with Crippen LogP contribution in [-0.4, -0.2) is 53.8 Å². The third-order valence-corrected chi connectivity index (χ3v) is 9.14. The number of pyridine rings is 1. The number of hydrogen-bond donors (Lipinski definition) is 1. The number of nitrogens with zero attached hydrogens (tertiary/aromatic N) is 8. The predicted octanol–water partition coefficient (Wildman–Crippen LogP) is 2.97. The summed E-state index contributed by atoms with van der Waals surface area (Å²) in [4.78, 5) is 13.5. The lowest BCUT2D eigenvalue weighted by molar-refractivity contribution is 0.104. The zero-order valence-electron chi connectivity index (χ0n) is 20.1. The van der Waals surface area contributed by atoms with Gasteiger partial charge in [0.05, 0.1) is 53.1 Å². The highest BCUT2D eigenvalue weighted by Crippen LogP contribution is 2.48. The minimum Gasteiger partial charge on any atom is -0.347 e. The van der Waals surface area contributed by atoms with Gasteiger partial charge >= 0.3 is 0 Å². The zero-order valence-corrected chi connectivity index (χ0v) is 21.0. The summed E-state index contributed by atoms with van der Waals surface area (Å²) < 4.78 is 31.7. The van der Waals surface area contributed by atoms with Crippen molar-refractivity contribution < 1.29 is 8.42 Å². The monoisotopic (exact) mass is 515 g/mol. The molecule has 1 saturated heterocycles. The molecule has 12 heteroatoms. The highest BCUT2D eigenvalue weighted by atomic mass is 32.2. The molecule has 1 aliphatic heterocycles. The second-order valence-electron chi connectivity index (χ2n) is 9.35. The Kier molecular flexibility index (Phi) is 5.73. The standard InChI is InChI=1S/C25H25N9O2S/c1-32-15-19(13-29-32)30-25-28-11-7-21(31-25)18-8-12-33(14-18)22-16-34(37(35,36)20-4-5-20)24(22)23-17(6-9-26)3-2-10-27-23/h2-3,7-8,10-15,20,22,24H,4-6,16H2,1H3,(H,28,30,31). The molecule has 2 fully saturated rings. The van der Waals surface area contributed by atoms with Crippen molar-refractivity contribution >= 4 is 21.7 Å². The maximum absolute atomic E-state index is 13.2. The first-order valence-corrected chi connectivity index (χ1v) is 13.5. The molecule has 0 bridgehead atoms. The van der Waals surface area contributed by atoms with Gasteiger partial charge in [0.1, 0.15) is 0 Å². The summed E-state index contributed by atoms with van der Waals surface area (Å²) in [7, 11) is -1.58. The molecule has 0 amide bonds. The van der Waals surface area contributed by atoms with Gasteiger partial charge < -0.3 is 9.88 Å². The van der Waals surface area contributed by atoms with E-state index in [0.717, 1.165) is 22.5 Å². The molecule has 2 unspecified atom stereocenters. The second kappa shape index (κ2) is 9.10. The Morgan fingerprint density at radius 1 is 1.16 bits per heavy atom. The summed E-state index contributed by atoms with van der Waals surface area (Å²) in [5.74, 6) is 0.455.